The van der Waals surface area contributed by atoms with E-state index in [4.69, 9.17) is 8.94 Å². The Morgan fingerprint density at radius 1 is 1.37 bits per heavy atom. The molecule has 0 aliphatic rings. The van der Waals surface area contributed by atoms with Crippen molar-refractivity contribution in [3.8, 4) is 0 Å². The van der Waals surface area contributed by atoms with Gasteiger partial charge in [0, 0.05) is 12.6 Å². The van der Waals surface area contributed by atoms with Crippen LogP contribution >= 0.6 is 0 Å². The molecule has 0 fully saturated rings. The molecular formula is C13H16N2O4. The molecule has 102 valence electrons. The second-order valence-electron chi connectivity index (χ2n) is 4.21. The number of aromatic nitrogens is 1. The zero-order valence-electron chi connectivity index (χ0n) is 11.1. The van der Waals surface area contributed by atoms with Crippen molar-refractivity contribution >= 4 is 5.97 Å². The topological polar surface area (TPSA) is 77.5 Å². The number of nitrogens with zero attached hydrogens (tertiary/aromatic N) is 1. The molecule has 6 nitrogen and oxygen atoms in total. The molecule has 0 amide bonds. The van der Waals surface area contributed by atoms with Gasteiger partial charge in [0.25, 0.3) is 0 Å². The molecule has 0 aliphatic heterocycles. The van der Waals surface area contributed by atoms with E-state index in [2.05, 4.69) is 15.2 Å². The lowest BCUT2D eigenvalue weighted by atomic mass is 10.2. The van der Waals surface area contributed by atoms with Crippen LogP contribution in [0.5, 0.6) is 0 Å². The summed E-state index contributed by atoms with van der Waals surface area (Å²) in [4.78, 5) is 11.4. The van der Waals surface area contributed by atoms with Crippen LogP contribution in [0.25, 0.3) is 0 Å². The van der Waals surface area contributed by atoms with Crippen LogP contribution in [0.1, 0.15) is 33.3 Å². The average Bonchev–Trinajstić information content (AvgIpc) is 2.95. The van der Waals surface area contributed by atoms with Crippen molar-refractivity contribution in [1.29, 1.82) is 0 Å². The molecule has 2 aromatic heterocycles. The minimum atomic E-state index is -0.389. The number of aryl methyl sites for hydroxylation is 2. The molecule has 0 bridgehead atoms. The highest BCUT2D eigenvalue weighted by Gasteiger charge is 2.15. The smallest absolute Gasteiger partial charge is 0.341 e. The van der Waals surface area contributed by atoms with Gasteiger partial charge in [0.2, 0.25) is 0 Å². The maximum atomic E-state index is 11.4. The van der Waals surface area contributed by atoms with Gasteiger partial charge in [-0.05, 0) is 19.9 Å². The van der Waals surface area contributed by atoms with Gasteiger partial charge in [0.05, 0.1) is 19.3 Å². The lowest BCUT2D eigenvalue weighted by Crippen LogP contribution is -2.12. The minimum Gasteiger partial charge on any atom is -0.465 e. The third kappa shape index (κ3) is 3.23. The van der Waals surface area contributed by atoms with Crippen LogP contribution in [-0.4, -0.2) is 18.2 Å². The highest BCUT2D eigenvalue weighted by Crippen LogP contribution is 2.15. The predicted octanol–water partition coefficient (Wildman–Crippen LogP) is 1.96. The van der Waals surface area contributed by atoms with E-state index in [1.807, 2.05) is 13.0 Å². The van der Waals surface area contributed by atoms with Gasteiger partial charge in [-0.15, -0.1) is 0 Å². The first-order valence-corrected chi connectivity index (χ1v) is 5.90. The monoisotopic (exact) mass is 264 g/mol. The lowest BCUT2D eigenvalue weighted by Gasteiger charge is -1.98. The van der Waals surface area contributed by atoms with E-state index in [9.17, 15) is 4.79 Å². The molecule has 1 N–H and O–H groups in total. The van der Waals surface area contributed by atoms with E-state index < -0.39 is 0 Å². The van der Waals surface area contributed by atoms with Crippen LogP contribution < -0.4 is 5.32 Å². The van der Waals surface area contributed by atoms with Crippen LogP contribution in [0.2, 0.25) is 0 Å². The van der Waals surface area contributed by atoms with Gasteiger partial charge in [-0.2, -0.15) is 0 Å². The van der Waals surface area contributed by atoms with Gasteiger partial charge in [-0.1, -0.05) is 5.16 Å². The first-order chi connectivity index (χ1) is 9.10. The van der Waals surface area contributed by atoms with Crippen molar-refractivity contribution in [2.75, 3.05) is 7.11 Å². The summed E-state index contributed by atoms with van der Waals surface area (Å²) in [5, 5.41) is 7.03. The van der Waals surface area contributed by atoms with Crippen LogP contribution in [0.4, 0.5) is 0 Å². The Morgan fingerprint density at radius 3 is 2.79 bits per heavy atom. The van der Waals surface area contributed by atoms with Gasteiger partial charge in [0.1, 0.15) is 22.8 Å². The van der Waals surface area contributed by atoms with Crippen molar-refractivity contribution in [3.63, 3.8) is 0 Å². The van der Waals surface area contributed by atoms with Crippen LogP contribution in [-0.2, 0) is 17.8 Å². The number of esters is 1. The molecule has 2 aromatic rings. The second kappa shape index (κ2) is 5.71. The molecule has 6 heteroatoms. The molecule has 0 radical (unpaired) electrons. The zero-order valence-corrected chi connectivity index (χ0v) is 11.1. The number of methoxy groups -OCH3 is 1. The number of hydrogen-bond acceptors (Lipinski definition) is 6. The molecule has 0 aromatic carbocycles. The standard InChI is InChI=1S/C13H16N2O4/c1-8-4-10(15-19-8)6-14-7-11-5-12(9(2)18-11)13(16)17-3/h4-5,14H,6-7H2,1-3H3. The summed E-state index contributed by atoms with van der Waals surface area (Å²) in [5.41, 5.74) is 1.28. The fraction of sp³-hybridized carbons (Fsp3) is 0.385. The Balaban J connectivity index is 1.91. The molecule has 0 aliphatic carbocycles. The molecule has 0 atom stereocenters. The predicted molar refractivity (Wildman–Crippen MR) is 66.6 cm³/mol. The number of hydrogen-bond donors (Lipinski definition) is 1. The summed E-state index contributed by atoms with van der Waals surface area (Å²) in [6.45, 7) is 4.65. The molecule has 0 unspecified atom stereocenters. The largest absolute Gasteiger partial charge is 0.465 e. The molecule has 0 saturated heterocycles. The van der Waals surface area contributed by atoms with Crippen molar-refractivity contribution < 1.29 is 18.5 Å². The van der Waals surface area contributed by atoms with Crippen molar-refractivity contribution in [2.24, 2.45) is 0 Å². The van der Waals surface area contributed by atoms with Crippen LogP contribution in [0, 0.1) is 13.8 Å². The van der Waals surface area contributed by atoms with Crippen molar-refractivity contribution in [2.45, 2.75) is 26.9 Å². The maximum absolute atomic E-state index is 11.4. The Morgan fingerprint density at radius 2 is 2.16 bits per heavy atom. The lowest BCUT2D eigenvalue weighted by molar-refractivity contribution is 0.0599. The summed E-state index contributed by atoms with van der Waals surface area (Å²) in [7, 11) is 1.35. The van der Waals surface area contributed by atoms with E-state index in [1.165, 1.54) is 7.11 Å². The van der Waals surface area contributed by atoms with Gasteiger partial charge in [-0.25, -0.2) is 4.79 Å². The normalized spacial score (nSPS) is 10.7. The Hall–Kier alpha value is -2.08. The number of carbonyl (C=O) groups excluding carboxylic acids is 1. The van der Waals surface area contributed by atoms with Crippen molar-refractivity contribution in [1.82, 2.24) is 10.5 Å². The summed E-state index contributed by atoms with van der Waals surface area (Å²) in [6, 6.07) is 3.54. The molecular weight excluding hydrogens is 248 g/mol. The number of furan rings is 1. The summed E-state index contributed by atoms with van der Waals surface area (Å²) < 4.78 is 15.1. The SMILES string of the molecule is COC(=O)c1cc(CNCc2cc(C)on2)oc1C. The van der Waals surface area contributed by atoms with E-state index in [1.54, 1.807) is 13.0 Å². The van der Waals surface area contributed by atoms with Gasteiger partial charge < -0.3 is 19.0 Å². The fourth-order valence-electron chi connectivity index (χ4n) is 1.76. The number of rotatable bonds is 5. The zero-order chi connectivity index (χ0) is 13.8. The van der Waals surface area contributed by atoms with Crippen molar-refractivity contribution in [3.05, 3.63) is 40.7 Å². The highest BCUT2D eigenvalue weighted by atomic mass is 16.5. The van der Waals surface area contributed by atoms with E-state index in [0.717, 1.165) is 11.5 Å². The minimum absolute atomic E-state index is 0.389. The Bertz CT molecular complexity index is 571. The van der Waals surface area contributed by atoms with Crippen LogP contribution in [0.15, 0.2) is 21.1 Å². The van der Waals surface area contributed by atoms with Gasteiger partial charge in [0.15, 0.2) is 0 Å². The molecule has 0 spiro atoms. The third-order valence-corrected chi connectivity index (χ3v) is 2.66. The third-order valence-electron chi connectivity index (χ3n) is 2.66. The van der Waals surface area contributed by atoms with E-state index in [-0.39, 0.29) is 5.97 Å². The summed E-state index contributed by atoms with van der Waals surface area (Å²) >= 11 is 0. The molecule has 2 heterocycles. The number of carbonyl (C=O) groups is 1. The van der Waals surface area contributed by atoms with Gasteiger partial charge >= 0.3 is 5.97 Å². The number of nitrogens with one attached hydrogen (secondary N) is 1. The van der Waals surface area contributed by atoms with Crippen LogP contribution in [0.3, 0.4) is 0 Å². The molecule has 0 saturated carbocycles. The molecule has 2 rings (SSSR count). The van der Waals surface area contributed by atoms with Gasteiger partial charge in [-0.3, -0.25) is 0 Å². The quantitative estimate of drug-likeness (QED) is 0.832. The first kappa shape index (κ1) is 13.4. The first-order valence-electron chi connectivity index (χ1n) is 5.90. The highest BCUT2D eigenvalue weighted by molar-refractivity contribution is 5.90. The maximum Gasteiger partial charge on any atom is 0.341 e. The van der Waals surface area contributed by atoms with E-state index >= 15 is 0 Å². The fourth-order valence-corrected chi connectivity index (χ4v) is 1.76. The molecule has 19 heavy (non-hydrogen) atoms. The average molecular weight is 264 g/mol. The van der Waals surface area contributed by atoms with E-state index in [0.29, 0.717) is 30.2 Å². The number of ether oxygens (including phenoxy) is 1. The Labute approximate surface area is 110 Å². The second-order valence-corrected chi connectivity index (χ2v) is 4.21. The summed E-state index contributed by atoms with van der Waals surface area (Å²) in [5.74, 6) is 1.62. The Kier molecular flexibility index (Phi) is 4.01. The summed E-state index contributed by atoms with van der Waals surface area (Å²) in [6.07, 6.45) is 0.